The number of rotatable bonds is 6. The number of hydrogen-bond acceptors (Lipinski definition) is 6. The van der Waals surface area contributed by atoms with Crippen molar-refractivity contribution in [2.75, 3.05) is 46.3 Å². The number of aryl methyl sites for hydroxylation is 2. The Kier molecular flexibility index (Phi) is 50.6. The number of quaternary nitrogens is 1. The summed E-state index contributed by atoms with van der Waals surface area (Å²) in [5.41, 5.74) is 21.4. The molecule has 0 unspecified atom stereocenters. The van der Waals surface area contributed by atoms with Gasteiger partial charge in [0.15, 0.2) is 11.1 Å². The summed E-state index contributed by atoms with van der Waals surface area (Å²) < 4.78 is 32.8. The first-order chi connectivity index (χ1) is 52.8. The van der Waals surface area contributed by atoms with Gasteiger partial charge in [-0.1, -0.05) is 286 Å². The first-order valence-electron chi connectivity index (χ1n) is 37.7. The normalized spacial score (nSPS) is 13.9. The second-order valence-corrected chi connectivity index (χ2v) is 31.1. The number of pyridine rings is 2. The van der Waals surface area contributed by atoms with Gasteiger partial charge in [-0.25, -0.2) is 9.15 Å². The summed E-state index contributed by atoms with van der Waals surface area (Å²) in [6.07, 6.45) is 7.81. The van der Waals surface area contributed by atoms with E-state index < -0.39 is 0 Å². The van der Waals surface area contributed by atoms with Crippen molar-refractivity contribution in [3.8, 4) is 22.3 Å². The fraction of sp³-hybridized carbons (Fsp3) is 0.180. The number of anilines is 1. The molecule has 0 saturated carbocycles. The van der Waals surface area contributed by atoms with E-state index in [0.29, 0.717) is 30.9 Å². The number of fused-ring (bicyclic) bond motifs is 18. The predicted molar refractivity (Wildman–Crippen MR) is 451 cm³/mol. The molecule has 22 heteroatoms. The van der Waals surface area contributed by atoms with Gasteiger partial charge in [0.1, 0.15) is 24.8 Å². The zero-order valence-electron chi connectivity index (χ0n) is 71.9. The fourth-order valence-electron chi connectivity index (χ4n) is 16.6. The van der Waals surface area contributed by atoms with Gasteiger partial charge >= 0.3 is 38.9 Å². The zero-order valence-corrected chi connectivity index (χ0v) is 106. The second kappa shape index (κ2) is 52.5. The van der Waals surface area contributed by atoms with Crippen molar-refractivity contribution in [2.24, 2.45) is 0 Å². The first-order valence-corrected chi connectivity index (χ1v) is 37.7. The molecule has 8 heterocycles. The third-order valence-corrected chi connectivity index (χ3v) is 21.8. The van der Waals surface area contributed by atoms with Gasteiger partial charge < -0.3 is 40.3 Å². The van der Waals surface area contributed by atoms with Gasteiger partial charge in [0.05, 0.1) is 6.20 Å². The Morgan fingerprint density at radius 2 is 0.844 bits per heavy atom. The van der Waals surface area contributed by atoms with Crippen molar-refractivity contribution < 1.29 is 425 Å². The fourth-order valence-corrected chi connectivity index (χ4v) is 16.6. The minimum Gasteiger partial charge on any atom is -0.517 e. The molecule has 0 bridgehead atoms. The standard InChI is InChI=1S/C44H37N2O2.C16H13O2.C14H15N2.C13H15N.C12H13N.CH3.12Y/c1-43(2)25-47-41-38-33(23-29-19-11-13-21-31(29)35(38)27-15-7-5-8-16-27)37-34-24-30-20-12-14-22-32(30)36(28-17-9-6-10-18-28)39(34)42-46(40(37)45(41)43)44(3,4)26-48-42;1-3-7-13-11(5-1)9-17-16-15(13)14-8-4-2-6-12(14)10-18-16;1-11-6-4-8-15-13(11)10-14-12(2)7-5-9-16(14)3;1-14(2,3)13-10-6-8-11-7-4-5-9-12(11)13;1-13(2)12-9-5-7-10-6-3-4-8-11(10)12;;;;;;;;;;;;;/h5-24,37H,25-26H2,1-4H3;1-8,15H,9-10H2;4-10H,3H2,1-2H3;4-10H,1H2,2-3H3;3-9H,1-2H3;1H3;;;;;;;;;;;;/q+1;2*-1;;;-1;;;;;;;;;;;;+3. The predicted octanol–water partition coefficient (Wildman–Crippen LogP) is 21.2. The summed E-state index contributed by atoms with van der Waals surface area (Å²) in [5.74, 6) is 1.98. The van der Waals surface area contributed by atoms with Crippen molar-refractivity contribution in [3.05, 3.63) is 399 Å². The second-order valence-electron chi connectivity index (χ2n) is 31.1. The van der Waals surface area contributed by atoms with E-state index in [4.69, 9.17) is 18.9 Å². The summed E-state index contributed by atoms with van der Waals surface area (Å²) >= 11 is 0. The molecule has 6 aliphatic heterocycles. The van der Waals surface area contributed by atoms with Gasteiger partial charge in [-0.3, -0.25) is 4.98 Å². The molecule has 0 N–H and O–H groups in total. The Balaban J connectivity index is 0.000000434. The van der Waals surface area contributed by atoms with Gasteiger partial charge in [0, 0.05) is 475 Å². The number of nitrogens with zero attached hydrogens (tertiary/aromatic N) is 6. The van der Waals surface area contributed by atoms with E-state index in [1.54, 1.807) is 0 Å². The van der Waals surface area contributed by atoms with E-state index in [2.05, 4.69) is 376 Å². The molecule has 0 saturated heterocycles. The van der Waals surface area contributed by atoms with Crippen LogP contribution < -0.4 is 14.0 Å². The number of ether oxygens (including phenoxy) is 4. The number of benzene rings is 12. The maximum Gasteiger partial charge on any atom is 3.00 e. The van der Waals surface area contributed by atoms with Crippen LogP contribution >= 0.6 is 0 Å². The molecule has 0 atom stereocenters. The Morgan fingerprint density at radius 3 is 1.30 bits per heavy atom. The molecule has 14 aromatic rings. The third-order valence-electron chi connectivity index (χ3n) is 21.8. The number of hydrogen-bond donors (Lipinski definition) is 0. The molecule has 122 heavy (non-hydrogen) atoms. The van der Waals surface area contributed by atoms with Crippen LogP contribution in [-0.4, -0.2) is 78.4 Å². The van der Waals surface area contributed by atoms with Crippen molar-refractivity contribution >= 4 is 66.3 Å². The summed E-state index contributed by atoms with van der Waals surface area (Å²) in [7, 11) is 16.4. The van der Waals surface area contributed by atoms with Crippen LogP contribution in [0.4, 0.5) is 11.4 Å². The molecular formula is C100H96N6O4Y12+. The van der Waals surface area contributed by atoms with Gasteiger partial charge in [-0.15, -0.1) is 36.7 Å². The summed E-state index contributed by atoms with van der Waals surface area (Å²) in [6.45, 7) is 15.8. The SMILES string of the molecule is CC1(C)COC2=[N+]1[C-]1C(c3cc4ccccc4c(-c4ccccc4)c32)c2cc3ccccc3c(-c3ccccc3)c2C2=[N+]1C(C)(C)CO2.CN(C)c1cccc2ccccc12.[CH2-][N+](C)(C)c1cccc2ccccc12.[CH2-][n+]1cccc(C)c1[CH-]c1ncccc1C.[CH3-].[Y+3].[Y].[Y].[Y].[Y].[Y].[Y].[Y].[Y].[Y].[Y].[Y].c1ccc2c(c1)CO[C-]1OCc3ccccc3C21. The van der Waals surface area contributed by atoms with E-state index in [1.807, 2.05) is 29.1 Å². The molecular weight excluding hydrogens is 2420 g/mol. The maximum absolute atomic E-state index is 6.87. The molecule has 585 valence electrons. The van der Waals surface area contributed by atoms with Crippen molar-refractivity contribution in [3.63, 3.8) is 0 Å². The first kappa shape index (κ1) is 118. The molecule has 10 nitrogen and oxygen atoms in total. The van der Waals surface area contributed by atoms with Crippen LogP contribution in [-0.2, 0) is 425 Å². The van der Waals surface area contributed by atoms with Crippen molar-refractivity contribution in [1.82, 2.24) is 9.47 Å². The monoisotopic (exact) mass is 2510 g/mol. The Morgan fingerprint density at radius 1 is 0.443 bits per heavy atom. The van der Waals surface area contributed by atoms with Crippen LogP contribution in [0.2, 0.25) is 0 Å². The zero-order chi connectivity index (χ0) is 75.3. The molecule has 0 fully saturated rings. The Hall–Kier alpha value is 1.46. The minimum atomic E-state index is -0.277. The van der Waals surface area contributed by atoms with Crippen molar-refractivity contribution in [1.29, 1.82) is 0 Å². The Labute approximate surface area is 1030 Å². The van der Waals surface area contributed by atoms with Crippen LogP contribution in [0, 0.1) is 54.2 Å². The number of aromatic nitrogens is 2. The molecule has 0 spiro atoms. The van der Waals surface area contributed by atoms with E-state index in [0.717, 1.165) is 29.5 Å². The Bertz CT molecular complexity index is 5640. The summed E-state index contributed by atoms with van der Waals surface area (Å²) in [6, 6.07) is 98.9. The molecule has 0 aliphatic carbocycles. The van der Waals surface area contributed by atoms with Gasteiger partial charge in [-0.05, 0) is 101 Å². The molecule has 2 aromatic heterocycles. The average molecular weight is 2510 g/mol. The van der Waals surface area contributed by atoms with Crippen LogP contribution in [0.1, 0.15) is 107 Å². The van der Waals surface area contributed by atoms with Crippen LogP contribution in [0.5, 0.6) is 0 Å². The van der Waals surface area contributed by atoms with Gasteiger partial charge in [0.2, 0.25) is 0 Å². The average Bonchev–Trinajstić information content (AvgIpc) is 1.42. The molecule has 20 rings (SSSR count). The molecule has 11 radical (unpaired) electrons. The molecule has 0 amide bonds. The van der Waals surface area contributed by atoms with E-state index in [-0.39, 0.29) is 423 Å². The minimum absolute atomic E-state index is 0. The summed E-state index contributed by atoms with van der Waals surface area (Å²) in [5, 5.41) is 10.1. The molecule has 6 aliphatic rings. The molecule has 12 aromatic carbocycles. The quantitative estimate of drug-likeness (QED) is 0.0939. The topological polar surface area (TPSA) is 63.0 Å². The van der Waals surface area contributed by atoms with Gasteiger partial charge in [0.25, 0.3) is 11.8 Å². The van der Waals surface area contributed by atoms with E-state index >= 15 is 0 Å². The van der Waals surface area contributed by atoms with Gasteiger partial charge in [-0.2, -0.15) is 0 Å². The van der Waals surface area contributed by atoms with E-state index in [9.17, 15) is 0 Å². The van der Waals surface area contributed by atoms with E-state index in [1.165, 1.54) is 139 Å². The largest absolute Gasteiger partial charge is 3.00 e. The van der Waals surface area contributed by atoms with Crippen LogP contribution in [0.25, 0.3) is 65.3 Å². The van der Waals surface area contributed by atoms with Crippen LogP contribution in [0.15, 0.2) is 291 Å². The summed E-state index contributed by atoms with van der Waals surface area (Å²) in [4.78, 5) is 6.50. The van der Waals surface area contributed by atoms with Crippen molar-refractivity contribution in [2.45, 2.75) is 77.7 Å². The third kappa shape index (κ3) is 25.2. The van der Waals surface area contributed by atoms with Crippen LogP contribution in [0.3, 0.4) is 0 Å². The smallest absolute Gasteiger partial charge is 0.517 e. The maximum atomic E-state index is 6.87.